The zero-order chi connectivity index (χ0) is 19.9. The molecule has 0 spiro atoms. The summed E-state index contributed by atoms with van der Waals surface area (Å²) < 4.78 is 41.2. The summed E-state index contributed by atoms with van der Waals surface area (Å²) in [5.74, 6) is 0.0172. The summed E-state index contributed by atoms with van der Waals surface area (Å²) >= 11 is 1.58. The van der Waals surface area contributed by atoms with E-state index < -0.39 is 18.8 Å². The van der Waals surface area contributed by atoms with E-state index in [9.17, 15) is 18.0 Å². The van der Waals surface area contributed by atoms with E-state index in [1.165, 1.54) is 12.1 Å². The summed E-state index contributed by atoms with van der Waals surface area (Å²) in [6, 6.07) is 9.40. The minimum absolute atomic E-state index is 0.0966. The fraction of sp³-hybridized carbons (Fsp3) is 0.316. The molecule has 0 bridgehead atoms. The van der Waals surface area contributed by atoms with Crippen LogP contribution < -0.4 is 10.1 Å². The van der Waals surface area contributed by atoms with Crippen molar-refractivity contribution < 1.29 is 22.7 Å². The van der Waals surface area contributed by atoms with Gasteiger partial charge in [-0.1, -0.05) is 12.1 Å². The molecule has 1 N–H and O–H groups in total. The van der Waals surface area contributed by atoms with E-state index >= 15 is 0 Å². The Morgan fingerprint density at radius 2 is 2.04 bits per heavy atom. The number of alkyl halides is 3. The molecule has 1 aromatic heterocycles. The highest BCUT2D eigenvalue weighted by Gasteiger charge is 2.28. The average Bonchev–Trinajstić information content (AvgIpc) is 3.12. The number of nitrogens with one attached hydrogen (secondary N) is 1. The summed E-state index contributed by atoms with van der Waals surface area (Å²) in [5.41, 5.74) is 0.616. The van der Waals surface area contributed by atoms with Crippen molar-refractivity contribution in [3.8, 4) is 5.75 Å². The van der Waals surface area contributed by atoms with E-state index in [2.05, 4.69) is 16.6 Å². The second-order valence-electron chi connectivity index (χ2n) is 5.88. The number of rotatable bonds is 9. The Morgan fingerprint density at radius 1 is 1.33 bits per heavy atom. The number of thiophene rings is 1. The van der Waals surface area contributed by atoms with Crippen LogP contribution in [0.25, 0.3) is 0 Å². The number of ether oxygens (including phenoxy) is 1. The van der Waals surface area contributed by atoms with Gasteiger partial charge in [0.1, 0.15) is 11.8 Å². The summed E-state index contributed by atoms with van der Waals surface area (Å²) in [6.07, 6.45) is -2.71. The molecular weight excluding hydrogens is 377 g/mol. The lowest BCUT2D eigenvalue weighted by atomic mass is 10.2. The van der Waals surface area contributed by atoms with Crippen LogP contribution in [0.15, 0.2) is 54.4 Å². The lowest BCUT2D eigenvalue weighted by molar-refractivity contribution is -0.153. The molecule has 1 aromatic carbocycles. The minimum Gasteiger partial charge on any atom is -0.484 e. The van der Waals surface area contributed by atoms with Gasteiger partial charge in [0.2, 0.25) is 5.91 Å². The third-order valence-electron chi connectivity index (χ3n) is 3.60. The Kier molecular flexibility index (Phi) is 7.29. The molecule has 8 heteroatoms. The van der Waals surface area contributed by atoms with Gasteiger partial charge in [-0.2, -0.15) is 13.2 Å². The van der Waals surface area contributed by atoms with Crippen molar-refractivity contribution in [1.82, 2.24) is 4.90 Å². The van der Waals surface area contributed by atoms with Crippen LogP contribution in [0.5, 0.6) is 5.75 Å². The van der Waals surface area contributed by atoms with Crippen LogP contribution in [0.1, 0.15) is 11.8 Å². The standard InChI is InChI=1S/C19H21F3N2O2S/c1-3-10-24(12-17-5-4-11-27-17)18(25)14(2)23-15-6-8-16(9-7-15)26-13-19(20,21)22/h3-9,11,14,23H,1,10,12-13H2,2H3. The molecule has 1 unspecified atom stereocenters. The lowest BCUT2D eigenvalue weighted by Gasteiger charge is -2.25. The summed E-state index contributed by atoms with van der Waals surface area (Å²) in [4.78, 5) is 15.5. The normalized spacial score (nSPS) is 12.3. The molecule has 0 saturated carbocycles. The summed E-state index contributed by atoms with van der Waals surface area (Å²) in [6.45, 7) is 5.01. The number of halogens is 3. The molecule has 4 nitrogen and oxygen atoms in total. The van der Waals surface area contributed by atoms with Crippen LogP contribution in [0.4, 0.5) is 18.9 Å². The van der Waals surface area contributed by atoms with Gasteiger partial charge in [0.05, 0.1) is 6.54 Å². The van der Waals surface area contributed by atoms with Crippen LogP contribution in [0, 0.1) is 0 Å². The molecule has 1 heterocycles. The number of carbonyl (C=O) groups excluding carboxylic acids is 1. The number of hydrogen-bond donors (Lipinski definition) is 1. The first-order valence-corrected chi connectivity index (χ1v) is 9.14. The average molecular weight is 398 g/mol. The van der Waals surface area contributed by atoms with Gasteiger partial charge in [0, 0.05) is 17.1 Å². The molecule has 1 amide bonds. The molecule has 0 aliphatic heterocycles. The Hall–Kier alpha value is -2.48. The number of benzene rings is 1. The van der Waals surface area contributed by atoms with E-state index in [4.69, 9.17) is 0 Å². The van der Waals surface area contributed by atoms with Gasteiger partial charge < -0.3 is 15.0 Å². The smallest absolute Gasteiger partial charge is 0.422 e. The predicted octanol–water partition coefficient (Wildman–Crippen LogP) is 4.70. The minimum atomic E-state index is -4.38. The molecule has 0 radical (unpaired) electrons. The van der Waals surface area contributed by atoms with Gasteiger partial charge in [0.15, 0.2) is 6.61 Å². The van der Waals surface area contributed by atoms with E-state index in [1.54, 1.807) is 41.4 Å². The fourth-order valence-electron chi connectivity index (χ4n) is 2.38. The van der Waals surface area contributed by atoms with Crippen LogP contribution in [-0.4, -0.2) is 36.2 Å². The predicted molar refractivity (Wildman–Crippen MR) is 101 cm³/mol. The van der Waals surface area contributed by atoms with Gasteiger partial charge in [-0.3, -0.25) is 4.79 Å². The van der Waals surface area contributed by atoms with Crippen LogP contribution >= 0.6 is 11.3 Å². The number of anilines is 1. The van der Waals surface area contributed by atoms with Crippen LogP contribution in [-0.2, 0) is 11.3 Å². The van der Waals surface area contributed by atoms with Crippen molar-refractivity contribution in [2.24, 2.45) is 0 Å². The van der Waals surface area contributed by atoms with Crippen molar-refractivity contribution in [2.45, 2.75) is 25.7 Å². The first-order valence-electron chi connectivity index (χ1n) is 8.26. The molecule has 146 valence electrons. The van der Waals surface area contributed by atoms with E-state index in [0.29, 0.717) is 18.8 Å². The van der Waals surface area contributed by atoms with Gasteiger partial charge in [0.25, 0.3) is 0 Å². The molecule has 27 heavy (non-hydrogen) atoms. The highest BCUT2D eigenvalue weighted by molar-refractivity contribution is 7.09. The maximum atomic E-state index is 12.7. The zero-order valence-electron chi connectivity index (χ0n) is 14.8. The maximum Gasteiger partial charge on any atom is 0.422 e. The maximum absolute atomic E-state index is 12.7. The quantitative estimate of drug-likeness (QED) is 0.623. The monoisotopic (exact) mass is 398 g/mol. The van der Waals surface area contributed by atoms with Gasteiger partial charge in [-0.15, -0.1) is 17.9 Å². The highest BCUT2D eigenvalue weighted by atomic mass is 32.1. The molecule has 0 aliphatic carbocycles. The lowest BCUT2D eigenvalue weighted by Crippen LogP contribution is -2.41. The SMILES string of the molecule is C=CCN(Cc1cccs1)C(=O)C(C)Nc1ccc(OCC(F)(F)F)cc1. The fourth-order valence-corrected chi connectivity index (χ4v) is 3.10. The van der Waals surface area contributed by atoms with Crippen molar-refractivity contribution in [2.75, 3.05) is 18.5 Å². The van der Waals surface area contributed by atoms with E-state index in [-0.39, 0.29) is 11.7 Å². The summed E-state index contributed by atoms with van der Waals surface area (Å²) in [7, 11) is 0. The number of carbonyl (C=O) groups is 1. The number of hydrogen-bond acceptors (Lipinski definition) is 4. The van der Waals surface area contributed by atoms with E-state index in [1.807, 2.05) is 17.5 Å². The zero-order valence-corrected chi connectivity index (χ0v) is 15.6. The Bertz CT molecular complexity index is 730. The third-order valence-corrected chi connectivity index (χ3v) is 4.46. The van der Waals surface area contributed by atoms with Gasteiger partial charge >= 0.3 is 6.18 Å². The van der Waals surface area contributed by atoms with Crippen molar-refractivity contribution >= 4 is 22.9 Å². The van der Waals surface area contributed by atoms with Crippen molar-refractivity contribution in [3.05, 3.63) is 59.3 Å². The molecule has 2 rings (SSSR count). The molecule has 0 aliphatic rings. The van der Waals surface area contributed by atoms with E-state index in [0.717, 1.165) is 4.88 Å². The number of nitrogens with zero attached hydrogens (tertiary/aromatic N) is 1. The van der Waals surface area contributed by atoms with Crippen LogP contribution in [0.3, 0.4) is 0 Å². The molecule has 0 saturated heterocycles. The number of amides is 1. The Labute approximate surface area is 160 Å². The highest BCUT2D eigenvalue weighted by Crippen LogP contribution is 2.21. The largest absolute Gasteiger partial charge is 0.484 e. The molecule has 2 aromatic rings. The van der Waals surface area contributed by atoms with Crippen molar-refractivity contribution in [1.29, 1.82) is 0 Å². The first kappa shape index (κ1) is 20.8. The Morgan fingerprint density at radius 3 is 2.59 bits per heavy atom. The van der Waals surface area contributed by atoms with Gasteiger partial charge in [-0.05, 0) is 42.6 Å². The topological polar surface area (TPSA) is 41.6 Å². The second kappa shape index (κ2) is 9.45. The molecule has 0 fully saturated rings. The first-order chi connectivity index (χ1) is 12.8. The van der Waals surface area contributed by atoms with Crippen LogP contribution in [0.2, 0.25) is 0 Å². The summed E-state index contributed by atoms with van der Waals surface area (Å²) in [5, 5.41) is 5.01. The Balaban J connectivity index is 1.94. The second-order valence-corrected chi connectivity index (χ2v) is 6.91. The van der Waals surface area contributed by atoms with Crippen molar-refractivity contribution in [3.63, 3.8) is 0 Å². The third kappa shape index (κ3) is 6.97. The van der Waals surface area contributed by atoms with Gasteiger partial charge in [-0.25, -0.2) is 0 Å². The molecule has 1 atom stereocenters. The molecular formula is C19H21F3N2O2S.